The van der Waals surface area contributed by atoms with Gasteiger partial charge in [0.25, 0.3) is 0 Å². The Balaban J connectivity index is 3.00. The summed E-state index contributed by atoms with van der Waals surface area (Å²) in [6.45, 7) is -2.09. The fraction of sp³-hybridized carbons (Fsp3) is 0.476. The number of aromatic nitrogens is 1. The van der Waals surface area contributed by atoms with Crippen LogP contribution >= 0.6 is 0 Å². The van der Waals surface area contributed by atoms with Gasteiger partial charge >= 0.3 is 0 Å². The second-order valence-electron chi connectivity index (χ2n) is 6.87. The van der Waals surface area contributed by atoms with Gasteiger partial charge in [0.2, 0.25) is 5.69 Å². The van der Waals surface area contributed by atoms with E-state index in [1.165, 1.54) is 16.8 Å². The first-order chi connectivity index (χ1) is 14.5. The largest absolute Gasteiger partial charge is 0.212 e. The SMILES string of the molecule is [2H]C([2H])([2H])c1cc(-c2cc(C(C)(C)C)c(C([2H])(C([2H])([2H])[2H])C([2H])([2H])[2H])c[n+]2C)c(C)cc1F. The summed E-state index contributed by atoms with van der Waals surface area (Å²) in [6.07, 6.45) is 1.31. The molecule has 0 amide bonds. The van der Waals surface area contributed by atoms with E-state index in [1.807, 2.05) is 0 Å². The van der Waals surface area contributed by atoms with Crippen LogP contribution in [0.1, 0.15) is 76.3 Å². The summed E-state index contributed by atoms with van der Waals surface area (Å²) >= 11 is 0. The third-order valence-electron chi connectivity index (χ3n) is 3.94. The predicted molar refractivity (Wildman–Crippen MR) is 95.3 cm³/mol. The van der Waals surface area contributed by atoms with Gasteiger partial charge in [0.1, 0.15) is 12.9 Å². The molecular weight excluding hydrogens is 285 g/mol. The van der Waals surface area contributed by atoms with Gasteiger partial charge < -0.3 is 0 Å². The molecule has 0 spiro atoms. The number of hydrogen-bond donors (Lipinski definition) is 0. The highest BCUT2D eigenvalue weighted by Gasteiger charge is 2.26. The number of halogens is 1. The molecule has 0 bridgehead atoms. The van der Waals surface area contributed by atoms with Gasteiger partial charge in [0.05, 0.1) is 0 Å². The number of aryl methyl sites for hydroxylation is 3. The molecule has 0 aliphatic rings. The minimum Gasteiger partial charge on any atom is -0.207 e. The van der Waals surface area contributed by atoms with Crippen LogP contribution in [0, 0.1) is 19.6 Å². The minimum absolute atomic E-state index is 0.169. The Hall–Kier alpha value is -1.70. The molecule has 0 aliphatic carbocycles. The highest BCUT2D eigenvalue weighted by Crippen LogP contribution is 2.33. The number of benzene rings is 1. The monoisotopic (exact) mass is 324 g/mol. The molecule has 0 radical (unpaired) electrons. The van der Waals surface area contributed by atoms with Crippen molar-refractivity contribution >= 4 is 0 Å². The maximum Gasteiger partial charge on any atom is 0.212 e. The van der Waals surface area contributed by atoms with E-state index < -0.39 is 43.2 Å². The zero-order valence-electron chi connectivity index (χ0n) is 24.1. The second kappa shape index (κ2) is 6.07. The normalized spacial score (nSPS) is 20.6. The Kier molecular flexibility index (Phi) is 2.22. The lowest BCUT2D eigenvalue weighted by Crippen LogP contribution is -2.34. The molecular formula is C21H29FN+. The fourth-order valence-corrected chi connectivity index (χ4v) is 2.69. The van der Waals surface area contributed by atoms with Crippen LogP contribution in [0.2, 0.25) is 0 Å². The number of hydrogen-bond acceptors (Lipinski definition) is 0. The van der Waals surface area contributed by atoms with Crippen molar-refractivity contribution in [2.75, 3.05) is 0 Å². The summed E-state index contributed by atoms with van der Waals surface area (Å²) in [5.74, 6) is -3.76. The van der Waals surface area contributed by atoms with Crippen LogP contribution in [0.4, 0.5) is 4.39 Å². The summed E-state index contributed by atoms with van der Waals surface area (Å²) in [5, 5.41) is 0. The average molecular weight is 325 g/mol. The Morgan fingerprint density at radius 2 is 1.87 bits per heavy atom. The molecule has 0 unspecified atom stereocenters. The molecule has 0 fully saturated rings. The smallest absolute Gasteiger partial charge is 0.207 e. The van der Waals surface area contributed by atoms with Crippen LogP contribution in [0.5, 0.6) is 0 Å². The summed E-state index contributed by atoms with van der Waals surface area (Å²) in [5.41, 5.74) is 0.221. The van der Waals surface area contributed by atoms with E-state index in [4.69, 9.17) is 13.7 Å². The van der Waals surface area contributed by atoms with Crippen molar-refractivity contribution in [2.45, 2.75) is 59.6 Å². The average Bonchev–Trinajstić information content (AvgIpc) is 2.57. The van der Waals surface area contributed by atoms with Crippen LogP contribution in [0.3, 0.4) is 0 Å². The van der Waals surface area contributed by atoms with Gasteiger partial charge in [-0.2, -0.15) is 0 Å². The molecule has 1 heterocycles. The first kappa shape index (κ1) is 8.41. The topological polar surface area (TPSA) is 3.88 Å². The molecule has 1 nitrogen and oxygen atoms in total. The van der Waals surface area contributed by atoms with E-state index in [2.05, 4.69) is 0 Å². The van der Waals surface area contributed by atoms with Gasteiger partial charge in [-0.15, -0.1) is 0 Å². The Bertz CT molecular complexity index is 1050. The third-order valence-corrected chi connectivity index (χ3v) is 3.94. The van der Waals surface area contributed by atoms with Gasteiger partial charge in [0, 0.05) is 30.9 Å². The van der Waals surface area contributed by atoms with E-state index in [-0.39, 0.29) is 5.56 Å². The lowest BCUT2D eigenvalue weighted by Gasteiger charge is -2.24. The van der Waals surface area contributed by atoms with E-state index in [0.29, 0.717) is 22.4 Å². The molecule has 0 atom stereocenters. The van der Waals surface area contributed by atoms with Crippen LogP contribution < -0.4 is 4.57 Å². The van der Waals surface area contributed by atoms with E-state index in [1.54, 1.807) is 40.8 Å². The molecule has 23 heavy (non-hydrogen) atoms. The highest BCUT2D eigenvalue weighted by atomic mass is 19.1. The zero-order chi connectivity index (χ0) is 25.9. The quantitative estimate of drug-likeness (QED) is 0.655. The molecule has 2 aromatic rings. The number of rotatable bonds is 2. The van der Waals surface area contributed by atoms with Crippen LogP contribution in [0.15, 0.2) is 24.4 Å². The number of nitrogens with zero attached hydrogens (tertiary/aromatic N) is 1. The van der Waals surface area contributed by atoms with Gasteiger partial charge in [-0.3, -0.25) is 0 Å². The fourth-order valence-electron chi connectivity index (χ4n) is 2.69. The Morgan fingerprint density at radius 1 is 1.17 bits per heavy atom. The summed E-state index contributed by atoms with van der Waals surface area (Å²) < 4.78 is 94.8. The van der Waals surface area contributed by atoms with Crippen molar-refractivity contribution < 1.29 is 22.7 Å². The second-order valence-corrected chi connectivity index (χ2v) is 6.87. The highest BCUT2D eigenvalue weighted by molar-refractivity contribution is 5.63. The van der Waals surface area contributed by atoms with Crippen LogP contribution in [-0.4, -0.2) is 0 Å². The molecule has 0 aliphatic heterocycles. The van der Waals surface area contributed by atoms with Crippen LogP contribution in [0.25, 0.3) is 11.3 Å². The molecule has 124 valence electrons. The van der Waals surface area contributed by atoms with Crippen molar-refractivity contribution in [1.29, 1.82) is 0 Å². The standard InChI is InChI=1S/C21H29FN/c1-13(2)17-12-23(8)20(11-18(17)21(5,6)7)16-9-15(4)19(22)10-14(16)3/h9-13H,1-8H3/q+1/i1D3,2D3,4D3,13D. The number of pyridine rings is 1. The molecule has 0 N–H and O–H groups in total. The van der Waals surface area contributed by atoms with E-state index in [0.717, 1.165) is 6.07 Å². The lowest BCUT2D eigenvalue weighted by molar-refractivity contribution is -0.661. The predicted octanol–water partition coefficient (Wildman–Crippen LogP) is 5.35. The molecule has 2 rings (SSSR count). The maximum absolute atomic E-state index is 14.4. The lowest BCUT2D eigenvalue weighted by atomic mass is 9.80. The summed E-state index contributed by atoms with van der Waals surface area (Å²) in [6, 6.07) is 3.93. The summed E-state index contributed by atoms with van der Waals surface area (Å²) in [7, 11) is 1.54. The molecule has 1 aromatic heterocycles. The van der Waals surface area contributed by atoms with Gasteiger partial charge in [-0.05, 0) is 53.9 Å². The van der Waals surface area contributed by atoms with Gasteiger partial charge in [-0.1, -0.05) is 34.5 Å². The first-order valence-corrected chi connectivity index (χ1v) is 7.39. The molecule has 1 aromatic carbocycles. The van der Waals surface area contributed by atoms with E-state index in [9.17, 15) is 4.39 Å². The first-order valence-electron chi connectivity index (χ1n) is 12.4. The minimum atomic E-state index is -3.16. The maximum atomic E-state index is 14.4. The van der Waals surface area contributed by atoms with Gasteiger partial charge in [-0.25, -0.2) is 8.96 Å². The van der Waals surface area contributed by atoms with Crippen molar-refractivity contribution in [3.8, 4) is 11.3 Å². The van der Waals surface area contributed by atoms with Crippen molar-refractivity contribution in [2.24, 2.45) is 7.05 Å². The summed E-state index contributed by atoms with van der Waals surface area (Å²) in [4.78, 5) is 0. The van der Waals surface area contributed by atoms with E-state index >= 15 is 0 Å². The molecule has 2 heteroatoms. The third kappa shape index (κ3) is 3.46. The van der Waals surface area contributed by atoms with Crippen molar-refractivity contribution in [3.05, 3.63) is 52.5 Å². The van der Waals surface area contributed by atoms with Crippen LogP contribution in [-0.2, 0) is 12.5 Å². The Labute approximate surface area is 154 Å². The molecule has 0 saturated carbocycles. The molecule has 0 saturated heterocycles. The van der Waals surface area contributed by atoms with Gasteiger partial charge in [0.15, 0.2) is 6.20 Å². The zero-order valence-corrected chi connectivity index (χ0v) is 14.1. The van der Waals surface area contributed by atoms with Crippen molar-refractivity contribution in [1.82, 2.24) is 0 Å². The van der Waals surface area contributed by atoms with Crippen molar-refractivity contribution in [3.63, 3.8) is 0 Å². The Morgan fingerprint density at radius 3 is 2.43 bits per heavy atom.